The van der Waals surface area contributed by atoms with Crippen molar-refractivity contribution in [1.82, 2.24) is 10.3 Å². The first kappa shape index (κ1) is 13.1. The second kappa shape index (κ2) is 6.53. The molecule has 0 radical (unpaired) electrons. The van der Waals surface area contributed by atoms with Gasteiger partial charge in [-0.15, -0.1) is 0 Å². The van der Waals surface area contributed by atoms with E-state index in [1.807, 2.05) is 12.3 Å². The van der Waals surface area contributed by atoms with Crippen molar-refractivity contribution in [2.24, 2.45) is 0 Å². The number of fused-ring (bicyclic) bond motifs is 1. The summed E-state index contributed by atoms with van der Waals surface area (Å²) in [4.78, 5) is 4.09. The molecule has 1 aromatic heterocycles. The quantitative estimate of drug-likeness (QED) is 0.818. The van der Waals surface area contributed by atoms with Crippen LogP contribution in [0.3, 0.4) is 0 Å². The molecule has 20 heavy (non-hydrogen) atoms. The Kier molecular flexibility index (Phi) is 4.28. The summed E-state index contributed by atoms with van der Waals surface area (Å²) < 4.78 is 5.79. The molecule has 1 aromatic carbocycles. The monoisotopic (exact) mass is 268 g/mol. The summed E-state index contributed by atoms with van der Waals surface area (Å²) >= 11 is 0. The van der Waals surface area contributed by atoms with Crippen molar-refractivity contribution in [3.05, 3.63) is 59.4 Å². The molecule has 1 aliphatic rings. The Morgan fingerprint density at radius 3 is 3.00 bits per heavy atom. The zero-order valence-corrected chi connectivity index (χ0v) is 11.6. The van der Waals surface area contributed by atoms with E-state index >= 15 is 0 Å². The van der Waals surface area contributed by atoms with Crippen molar-refractivity contribution in [2.45, 2.75) is 25.8 Å². The van der Waals surface area contributed by atoms with Gasteiger partial charge in [-0.3, -0.25) is 4.98 Å². The molecular formula is C17H20N2O. The van der Waals surface area contributed by atoms with Crippen LogP contribution in [0.2, 0.25) is 0 Å². The van der Waals surface area contributed by atoms with E-state index in [0.717, 1.165) is 18.8 Å². The minimum absolute atomic E-state index is 0.694. The van der Waals surface area contributed by atoms with E-state index in [0.29, 0.717) is 6.61 Å². The Labute approximate surface area is 120 Å². The third-order valence-electron chi connectivity index (χ3n) is 3.67. The van der Waals surface area contributed by atoms with Crippen molar-refractivity contribution in [2.75, 3.05) is 13.2 Å². The van der Waals surface area contributed by atoms with Crippen LogP contribution in [0, 0.1) is 0 Å². The van der Waals surface area contributed by atoms with Crippen LogP contribution < -0.4 is 10.1 Å². The van der Waals surface area contributed by atoms with Crippen LogP contribution in [0.1, 0.15) is 23.1 Å². The van der Waals surface area contributed by atoms with Gasteiger partial charge >= 0.3 is 0 Å². The van der Waals surface area contributed by atoms with Gasteiger partial charge in [0.25, 0.3) is 0 Å². The van der Waals surface area contributed by atoms with Crippen LogP contribution in [0.25, 0.3) is 0 Å². The van der Waals surface area contributed by atoms with E-state index in [2.05, 4.69) is 34.6 Å². The largest absolute Gasteiger partial charge is 0.492 e. The number of rotatable bonds is 6. The van der Waals surface area contributed by atoms with Gasteiger partial charge < -0.3 is 10.1 Å². The van der Waals surface area contributed by atoms with E-state index < -0.39 is 0 Å². The van der Waals surface area contributed by atoms with Crippen LogP contribution in [0.4, 0.5) is 0 Å². The molecule has 0 atom stereocenters. The summed E-state index contributed by atoms with van der Waals surface area (Å²) in [6.07, 6.45) is 7.38. The number of benzene rings is 1. The van der Waals surface area contributed by atoms with Crippen LogP contribution in [0.15, 0.2) is 42.7 Å². The number of nitrogens with zero attached hydrogens (tertiary/aromatic N) is 1. The molecule has 2 aromatic rings. The van der Waals surface area contributed by atoms with Gasteiger partial charge in [0.05, 0.1) is 0 Å². The Balaban J connectivity index is 1.40. The average Bonchev–Trinajstić information content (AvgIpc) is 2.95. The van der Waals surface area contributed by atoms with E-state index in [1.165, 1.54) is 36.0 Å². The lowest BCUT2D eigenvalue weighted by Crippen LogP contribution is -2.20. The Hall–Kier alpha value is -1.87. The van der Waals surface area contributed by atoms with Gasteiger partial charge in [0.15, 0.2) is 0 Å². The number of hydrogen-bond donors (Lipinski definition) is 1. The number of ether oxygens (including phenoxy) is 1. The minimum atomic E-state index is 0.694. The molecule has 0 amide bonds. The van der Waals surface area contributed by atoms with Gasteiger partial charge in [0.1, 0.15) is 12.4 Å². The molecule has 0 aliphatic heterocycles. The summed E-state index contributed by atoms with van der Waals surface area (Å²) in [5.74, 6) is 0.994. The lowest BCUT2D eigenvalue weighted by molar-refractivity contribution is 0.313. The average molecular weight is 268 g/mol. The third-order valence-corrected chi connectivity index (χ3v) is 3.67. The first-order valence-electron chi connectivity index (χ1n) is 7.26. The molecule has 0 saturated carbocycles. The topological polar surface area (TPSA) is 34.2 Å². The van der Waals surface area contributed by atoms with Gasteiger partial charge in [0, 0.05) is 25.5 Å². The molecule has 0 fully saturated rings. The van der Waals surface area contributed by atoms with E-state index in [9.17, 15) is 0 Å². The minimum Gasteiger partial charge on any atom is -0.492 e. The lowest BCUT2D eigenvalue weighted by Gasteiger charge is -2.09. The standard InChI is InChI=1S/C17H20N2O/c1-4-15-6-7-17(11-16(15)5-1)20-10-9-19-13-14-3-2-8-18-12-14/h2-3,6-8,11-12,19H,1,4-5,9-10,13H2. The van der Waals surface area contributed by atoms with Crippen molar-refractivity contribution in [3.8, 4) is 5.75 Å². The summed E-state index contributed by atoms with van der Waals surface area (Å²) in [7, 11) is 0. The molecule has 0 bridgehead atoms. The van der Waals surface area contributed by atoms with Crippen molar-refractivity contribution < 1.29 is 4.74 Å². The molecule has 0 spiro atoms. The highest BCUT2D eigenvalue weighted by Gasteiger charge is 2.10. The second-order valence-electron chi connectivity index (χ2n) is 5.17. The van der Waals surface area contributed by atoms with Gasteiger partial charge in [0.2, 0.25) is 0 Å². The Morgan fingerprint density at radius 1 is 1.15 bits per heavy atom. The maximum absolute atomic E-state index is 5.79. The number of pyridine rings is 1. The SMILES string of the molecule is c1cncc(CNCCOc2ccc3c(c2)CCC3)c1. The number of nitrogens with one attached hydrogen (secondary N) is 1. The predicted molar refractivity (Wildman–Crippen MR) is 79.9 cm³/mol. The molecule has 3 heteroatoms. The Bertz CT molecular complexity index is 554. The predicted octanol–water partition coefficient (Wildman–Crippen LogP) is 2.74. The molecule has 1 heterocycles. The number of aryl methyl sites for hydroxylation is 2. The summed E-state index contributed by atoms with van der Waals surface area (Å²) in [6.45, 7) is 2.37. The molecule has 3 rings (SSSR count). The zero-order valence-electron chi connectivity index (χ0n) is 11.6. The maximum Gasteiger partial charge on any atom is 0.119 e. The first-order valence-corrected chi connectivity index (χ1v) is 7.26. The maximum atomic E-state index is 5.79. The zero-order chi connectivity index (χ0) is 13.6. The first-order chi connectivity index (χ1) is 9.92. The van der Waals surface area contributed by atoms with Gasteiger partial charge in [-0.25, -0.2) is 0 Å². The highest BCUT2D eigenvalue weighted by atomic mass is 16.5. The Morgan fingerprint density at radius 2 is 2.10 bits per heavy atom. The summed E-state index contributed by atoms with van der Waals surface area (Å²) in [6, 6.07) is 10.5. The molecular weight excluding hydrogens is 248 g/mol. The van der Waals surface area contributed by atoms with Crippen molar-refractivity contribution in [3.63, 3.8) is 0 Å². The fraction of sp³-hybridized carbons (Fsp3) is 0.353. The summed E-state index contributed by atoms with van der Waals surface area (Å²) in [5.41, 5.74) is 4.16. The van der Waals surface area contributed by atoms with E-state index in [4.69, 9.17) is 4.74 Å². The van der Waals surface area contributed by atoms with Gasteiger partial charge in [-0.05, 0) is 54.2 Å². The normalized spacial score (nSPS) is 13.2. The van der Waals surface area contributed by atoms with Crippen LogP contribution in [-0.2, 0) is 19.4 Å². The van der Waals surface area contributed by atoms with E-state index in [-0.39, 0.29) is 0 Å². The number of aromatic nitrogens is 1. The van der Waals surface area contributed by atoms with Crippen LogP contribution in [-0.4, -0.2) is 18.1 Å². The third kappa shape index (κ3) is 3.36. The van der Waals surface area contributed by atoms with Crippen molar-refractivity contribution >= 4 is 0 Å². The lowest BCUT2D eigenvalue weighted by atomic mass is 10.1. The molecule has 3 nitrogen and oxygen atoms in total. The van der Waals surface area contributed by atoms with Crippen LogP contribution in [0.5, 0.6) is 5.75 Å². The molecule has 1 aliphatic carbocycles. The summed E-state index contributed by atoms with van der Waals surface area (Å²) in [5, 5.41) is 3.36. The van der Waals surface area contributed by atoms with Crippen molar-refractivity contribution in [1.29, 1.82) is 0 Å². The molecule has 1 N–H and O–H groups in total. The van der Waals surface area contributed by atoms with Gasteiger partial charge in [-0.2, -0.15) is 0 Å². The number of hydrogen-bond acceptors (Lipinski definition) is 3. The molecule has 0 saturated heterocycles. The highest BCUT2D eigenvalue weighted by molar-refractivity contribution is 5.38. The second-order valence-corrected chi connectivity index (χ2v) is 5.17. The van der Waals surface area contributed by atoms with E-state index in [1.54, 1.807) is 6.20 Å². The molecule has 104 valence electrons. The fourth-order valence-electron chi connectivity index (χ4n) is 2.61. The van der Waals surface area contributed by atoms with Gasteiger partial charge in [-0.1, -0.05) is 12.1 Å². The molecule has 0 unspecified atom stereocenters. The smallest absolute Gasteiger partial charge is 0.119 e. The highest BCUT2D eigenvalue weighted by Crippen LogP contribution is 2.25. The van der Waals surface area contributed by atoms with Crippen LogP contribution >= 0.6 is 0 Å². The fourth-order valence-corrected chi connectivity index (χ4v) is 2.61.